The molecule has 11 nitrogen and oxygen atoms in total. The number of halogens is 5. The van der Waals surface area contributed by atoms with Crippen LogP contribution in [0.4, 0.5) is 22.0 Å². The van der Waals surface area contributed by atoms with Gasteiger partial charge in [0.05, 0.1) is 40.8 Å². The molecule has 5 heterocycles. The topological polar surface area (TPSA) is 128 Å². The van der Waals surface area contributed by atoms with Crippen LogP contribution in [0.3, 0.4) is 0 Å². The molecule has 3 aromatic heterocycles. The Morgan fingerprint density at radius 2 is 1.83 bits per heavy atom. The fraction of sp³-hybridized carbons (Fsp3) is 0.688. The van der Waals surface area contributed by atoms with E-state index in [1.54, 1.807) is 16.9 Å². The van der Waals surface area contributed by atoms with E-state index < -0.39 is 53.9 Å². The van der Waals surface area contributed by atoms with E-state index in [9.17, 15) is 31.5 Å². The van der Waals surface area contributed by atoms with Gasteiger partial charge in [-0.25, -0.2) is 23.3 Å². The highest BCUT2D eigenvalue weighted by atomic mass is 19.4. The summed E-state index contributed by atoms with van der Waals surface area (Å²) in [4.78, 5) is 36.0. The Morgan fingerprint density at radius 1 is 1.12 bits per heavy atom. The SMILES string of the molecule is CC(C)(C)n1nccc1C(=O)N[C@H](c1cn2nc(C[C@H]3C[C@@H](C(F)(F)F)CNC3=O)c(C3CCOCC3)nc2n1)C1CCC(F)(F)CC1. The molecule has 1 aliphatic carbocycles. The van der Waals surface area contributed by atoms with Crippen LogP contribution in [0.1, 0.15) is 105 Å². The highest BCUT2D eigenvalue weighted by Gasteiger charge is 2.45. The molecule has 3 atom stereocenters. The molecule has 6 rings (SSSR count). The quantitative estimate of drug-likeness (QED) is 0.332. The number of amides is 2. The number of imidazole rings is 1. The Hall–Kier alpha value is -3.69. The number of rotatable bonds is 7. The van der Waals surface area contributed by atoms with Crippen LogP contribution in [0.2, 0.25) is 0 Å². The number of piperidine rings is 1. The maximum atomic E-state index is 14.2. The lowest BCUT2D eigenvalue weighted by molar-refractivity contribution is -0.183. The van der Waals surface area contributed by atoms with Gasteiger partial charge in [-0.05, 0) is 64.9 Å². The molecule has 16 heteroatoms. The van der Waals surface area contributed by atoms with E-state index in [4.69, 9.17) is 19.8 Å². The molecule has 2 N–H and O–H groups in total. The summed E-state index contributed by atoms with van der Waals surface area (Å²) in [6.45, 7) is 6.21. The molecule has 48 heavy (non-hydrogen) atoms. The van der Waals surface area contributed by atoms with Gasteiger partial charge in [0.1, 0.15) is 5.69 Å². The zero-order chi connectivity index (χ0) is 34.4. The number of carbonyl (C=O) groups excluding carboxylic acids is 2. The first kappa shape index (κ1) is 34.2. The van der Waals surface area contributed by atoms with Gasteiger partial charge in [0.2, 0.25) is 11.8 Å². The van der Waals surface area contributed by atoms with Gasteiger partial charge in [0.15, 0.2) is 0 Å². The number of aromatic nitrogens is 6. The van der Waals surface area contributed by atoms with Gasteiger partial charge in [-0.2, -0.15) is 23.4 Å². The van der Waals surface area contributed by atoms with Gasteiger partial charge >= 0.3 is 6.18 Å². The minimum Gasteiger partial charge on any atom is -0.381 e. The zero-order valence-corrected chi connectivity index (χ0v) is 27.2. The average Bonchev–Trinajstić information content (AvgIpc) is 3.68. The average molecular weight is 681 g/mol. The van der Waals surface area contributed by atoms with Crippen LogP contribution < -0.4 is 10.6 Å². The molecule has 3 aromatic rings. The van der Waals surface area contributed by atoms with Crippen LogP contribution in [0.5, 0.6) is 0 Å². The van der Waals surface area contributed by atoms with Crippen molar-refractivity contribution in [3.05, 3.63) is 41.2 Å². The third-order valence-electron chi connectivity index (χ3n) is 9.76. The Labute approximate surface area is 274 Å². The van der Waals surface area contributed by atoms with E-state index in [2.05, 4.69) is 15.7 Å². The third-order valence-corrected chi connectivity index (χ3v) is 9.76. The molecular weight excluding hydrogens is 639 g/mol. The molecule has 2 aliphatic heterocycles. The molecule has 0 radical (unpaired) electrons. The molecule has 3 aliphatic rings. The number of hydrogen-bond acceptors (Lipinski definition) is 7. The largest absolute Gasteiger partial charge is 0.393 e. The maximum absolute atomic E-state index is 14.2. The number of alkyl halides is 5. The summed E-state index contributed by atoms with van der Waals surface area (Å²) in [6, 6.07) is 0.837. The monoisotopic (exact) mass is 680 g/mol. The first-order valence-electron chi connectivity index (χ1n) is 16.5. The van der Waals surface area contributed by atoms with Gasteiger partial charge in [-0.3, -0.25) is 14.3 Å². The van der Waals surface area contributed by atoms with Gasteiger partial charge in [-0.1, -0.05) is 0 Å². The van der Waals surface area contributed by atoms with Gasteiger partial charge in [0.25, 0.3) is 11.7 Å². The molecule has 1 saturated carbocycles. The lowest BCUT2D eigenvalue weighted by Gasteiger charge is -2.33. The Balaban J connectivity index is 1.36. The van der Waals surface area contributed by atoms with Crippen molar-refractivity contribution in [2.45, 2.75) is 102 Å². The van der Waals surface area contributed by atoms with E-state index in [0.717, 1.165) is 0 Å². The number of ether oxygens (including phenoxy) is 1. The molecule has 0 aromatic carbocycles. The zero-order valence-electron chi connectivity index (χ0n) is 27.2. The van der Waals surface area contributed by atoms with Crippen molar-refractivity contribution < 1.29 is 36.3 Å². The fourth-order valence-corrected chi connectivity index (χ4v) is 7.09. The molecular formula is C32H41F5N8O3. The normalized spacial score (nSPS) is 23.6. The molecule has 3 fully saturated rings. The molecule has 0 bridgehead atoms. The molecule has 2 saturated heterocycles. The number of carbonyl (C=O) groups is 2. The highest BCUT2D eigenvalue weighted by Crippen LogP contribution is 2.42. The van der Waals surface area contributed by atoms with Crippen molar-refractivity contribution in [1.29, 1.82) is 0 Å². The van der Waals surface area contributed by atoms with Crippen molar-refractivity contribution in [2.75, 3.05) is 19.8 Å². The summed E-state index contributed by atoms with van der Waals surface area (Å²) in [5, 5.41) is 14.5. The van der Waals surface area contributed by atoms with Crippen molar-refractivity contribution in [3.63, 3.8) is 0 Å². The van der Waals surface area contributed by atoms with E-state index in [-0.39, 0.29) is 56.1 Å². The van der Waals surface area contributed by atoms with Crippen LogP contribution >= 0.6 is 0 Å². The maximum Gasteiger partial charge on any atom is 0.393 e. The molecule has 2 amide bonds. The lowest BCUT2D eigenvalue weighted by Crippen LogP contribution is -2.47. The predicted octanol–water partition coefficient (Wildman–Crippen LogP) is 5.12. The van der Waals surface area contributed by atoms with Crippen LogP contribution in [-0.4, -0.2) is 73.0 Å². The van der Waals surface area contributed by atoms with Crippen molar-refractivity contribution in [3.8, 4) is 0 Å². The van der Waals surface area contributed by atoms with Crippen molar-refractivity contribution >= 4 is 17.6 Å². The first-order valence-corrected chi connectivity index (χ1v) is 16.5. The summed E-state index contributed by atoms with van der Waals surface area (Å²) in [5.74, 6) is -6.57. The summed E-state index contributed by atoms with van der Waals surface area (Å²) in [7, 11) is 0. The smallest absolute Gasteiger partial charge is 0.381 e. The second-order valence-electron chi connectivity index (χ2n) is 14.3. The summed E-state index contributed by atoms with van der Waals surface area (Å²) >= 11 is 0. The van der Waals surface area contributed by atoms with Crippen LogP contribution in [0.25, 0.3) is 5.78 Å². The standard InChI is InChI=1S/C32H41F5N8O3/c1-30(2,3)45-24(6-11-39-45)28(47)41-26(18-4-9-31(33,34)10-5-18)23-17-44-29(40-23)42-25(19-7-12-48-13-8-19)22(43-44)15-20-14-21(32(35,36)37)16-38-27(20)46/h6,11,17-21,26H,4-5,7-10,12-16H2,1-3H3,(H,38,46)(H,41,47)/t20-,21-,26+/m1/s1. The Morgan fingerprint density at radius 3 is 2.50 bits per heavy atom. The minimum absolute atomic E-state index is 0.0454. The van der Waals surface area contributed by atoms with Gasteiger partial charge in [-0.15, -0.1) is 0 Å². The third kappa shape index (κ3) is 7.32. The van der Waals surface area contributed by atoms with Crippen LogP contribution in [0.15, 0.2) is 18.5 Å². The summed E-state index contributed by atoms with van der Waals surface area (Å²) in [6.07, 6.45) is -0.857. The number of nitrogens with zero attached hydrogens (tertiary/aromatic N) is 6. The van der Waals surface area contributed by atoms with Crippen molar-refractivity contribution in [1.82, 2.24) is 40.0 Å². The molecule has 262 valence electrons. The highest BCUT2D eigenvalue weighted by molar-refractivity contribution is 5.92. The summed E-state index contributed by atoms with van der Waals surface area (Å²) in [5.41, 5.74) is 1.13. The van der Waals surface area contributed by atoms with E-state index >= 15 is 0 Å². The molecule has 0 spiro atoms. The van der Waals surface area contributed by atoms with E-state index in [0.29, 0.717) is 48.8 Å². The van der Waals surface area contributed by atoms with E-state index in [1.165, 1.54) is 10.7 Å². The Bertz CT molecular complexity index is 1630. The number of hydrogen-bond donors (Lipinski definition) is 2. The van der Waals surface area contributed by atoms with E-state index in [1.807, 2.05) is 20.8 Å². The van der Waals surface area contributed by atoms with Crippen LogP contribution in [-0.2, 0) is 21.5 Å². The Kier molecular flexibility index (Phi) is 9.24. The number of fused-ring (bicyclic) bond motifs is 1. The minimum atomic E-state index is -4.45. The molecule has 0 unspecified atom stereocenters. The van der Waals surface area contributed by atoms with Crippen LogP contribution in [0, 0.1) is 17.8 Å². The fourth-order valence-electron chi connectivity index (χ4n) is 7.09. The second-order valence-corrected chi connectivity index (χ2v) is 14.3. The second kappa shape index (κ2) is 13.0. The van der Waals surface area contributed by atoms with Crippen molar-refractivity contribution in [2.24, 2.45) is 17.8 Å². The van der Waals surface area contributed by atoms with Gasteiger partial charge < -0.3 is 15.4 Å². The summed E-state index contributed by atoms with van der Waals surface area (Å²) < 4.78 is 77.8. The number of nitrogens with one attached hydrogen (secondary N) is 2. The lowest BCUT2D eigenvalue weighted by atomic mass is 9.81. The van der Waals surface area contributed by atoms with Gasteiger partial charge in [0, 0.05) is 57.1 Å². The predicted molar refractivity (Wildman–Crippen MR) is 162 cm³/mol. The first-order chi connectivity index (χ1) is 22.6.